The highest BCUT2D eigenvalue weighted by molar-refractivity contribution is 7.16. The molecule has 118 valence electrons. The molecule has 4 heteroatoms. The second-order valence-electron chi connectivity index (χ2n) is 5.88. The van der Waals surface area contributed by atoms with Crippen molar-refractivity contribution in [3.8, 4) is 11.1 Å². The van der Waals surface area contributed by atoms with Gasteiger partial charge in [0, 0.05) is 5.69 Å². The molecule has 0 spiro atoms. The van der Waals surface area contributed by atoms with Gasteiger partial charge in [-0.2, -0.15) is 0 Å². The van der Waals surface area contributed by atoms with E-state index in [0.717, 1.165) is 12.1 Å². The van der Waals surface area contributed by atoms with Crippen molar-refractivity contribution in [3.63, 3.8) is 0 Å². The van der Waals surface area contributed by atoms with Crippen LogP contribution < -0.4 is 5.32 Å². The second kappa shape index (κ2) is 5.73. The lowest BCUT2D eigenvalue weighted by Crippen LogP contribution is -2.10. The van der Waals surface area contributed by atoms with Crippen LogP contribution in [0.1, 0.15) is 37.4 Å². The van der Waals surface area contributed by atoms with Gasteiger partial charge in [0.1, 0.15) is 0 Å². The van der Waals surface area contributed by atoms with Gasteiger partial charge in [-0.05, 0) is 59.9 Å². The minimum atomic E-state index is -0.182. The monoisotopic (exact) mass is 333 g/mol. The summed E-state index contributed by atoms with van der Waals surface area (Å²) in [6, 6.07) is 17.8. The minimum absolute atomic E-state index is 0.0202. The van der Waals surface area contributed by atoms with Crippen LogP contribution in [0.3, 0.4) is 0 Å². The van der Waals surface area contributed by atoms with Crippen LogP contribution in [0.25, 0.3) is 11.1 Å². The Morgan fingerprint density at radius 2 is 1.67 bits per heavy atom. The number of Topliss-reactive ketones (excluding diaryl/α,β-unsaturated/α-hetero) is 1. The summed E-state index contributed by atoms with van der Waals surface area (Å²) in [4.78, 5) is 24.9. The Morgan fingerprint density at radius 3 is 2.46 bits per heavy atom. The number of hydrogen-bond acceptors (Lipinski definition) is 3. The van der Waals surface area contributed by atoms with Crippen molar-refractivity contribution in [1.29, 1.82) is 0 Å². The Hall–Kier alpha value is -2.72. The summed E-state index contributed by atoms with van der Waals surface area (Å²) >= 11 is 1.22. The van der Waals surface area contributed by atoms with Crippen LogP contribution in [0.15, 0.2) is 54.6 Å². The van der Waals surface area contributed by atoms with Gasteiger partial charge < -0.3 is 5.32 Å². The zero-order chi connectivity index (χ0) is 16.7. The molecule has 0 atom stereocenters. The fourth-order valence-corrected chi connectivity index (χ4v) is 3.84. The fraction of sp³-hybridized carbons (Fsp3) is 0.100. The van der Waals surface area contributed by atoms with Crippen molar-refractivity contribution in [2.24, 2.45) is 0 Å². The third-order valence-electron chi connectivity index (χ3n) is 4.23. The lowest BCUT2D eigenvalue weighted by Gasteiger charge is -2.07. The highest BCUT2D eigenvalue weighted by Crippen LogP contribution is 2.37. The molecule has 2 aromatic carbocycles. The predicted molar refractivity (Wildman–Crippen MR) is 97.0 cm³/mol. The Morgan fingerprint density at radius 1 is 0.917 bits per heavy atom. The molecule has 0 radical (unpaired) electrons. The number of ketones is 1. The van der Waals surface area contributed by atoms with Crippen molar-refractivity contribution in [3.05, 3.63) is 75.5 Å². The molecule has 3 nitrogen and oxygen atoms in total. The van der Waals surface area contributed by atoms with Crippen LogP contribution in [0.2, 0.25) is 0 Å². The molecule has 1 aliphatic rings. The predicted octanol–water partition coefficient (Wildman–Crippen LogP) is 4.77. The molecule has 1 N–H and O–H groups in total. The average Bonchev–Trinajstić information content (AvgIpc) is 3.19. The number of rotatable bonds is 3. The van der Waals surface area contributed by atoms with Crippen LogP contribution in [-0.4, -0.2) is 11.7 Å². The van der Waals surface area contributed by atoms with Crippen molar-refractivity contribution >= 4 is 28.7 Å². The van der Waals surface area contributed by atoms with E-state index >= 15 is 0 Å². The van der Waals surface area contributed by atoms with Crippen LogP contribution >= 0.6 is 11.3 Å². The fourth-order valence-electron chi connectivity index (χ4n) is 3.04. The first-order chi connectivity index (χ1) is 11.6. The maximum Gasteiger partial charge on any atom is 0.265 e. The largest absolute Gasteiger partial charge is 0.321 e. The normalized spacial score (nSPS) is 11.7. The number of amides is 1. The maximum absolute atomic E-state index is 12.4. The standard InChI is InChI=1S/C20H15NO2S/c1-12(22)18-8-9-19(24-18)20(23)21-15-7-6-14-10-13-4-2-3-5-16(13)17(14)11-15/h2-9,11H,10H2,1H3,(H,21,23). The van der Waals surface area contributed by atoms with Crippen molar-refractivity contribution in [1.82, 2.24) is 0 Å². The van der Waals surface area contributed by atoms with E-state index in [1.54, 1.807) is 12.1 Å². The number of anilines is 1. The number of hydrogen-bond donors (Lipinski definition) is 1. The summed E-state index contributed by atoms with van der Waals surface area (Å²) in [6.45, 7) is 1.51. The summed E-state index contributed by atoms with van der Waals surface area (Å²) in [6.07, 6.45) is 0.937. The Kier molecular flexibility index (Phi) is 3.54. The quantitative estimate of drug-likeness (QED) is 0.549. The summed E-state index contributed by atoms with van der Waals surface area (Å²) in [5.74, 6) is -0.202. The molecule has 24 heavy (non-hydrogen) atoms. The lowest BCUT2D eigenvalue weighted by atomic mass is 10.1. The molecular formula is C20H15NO2S. The first kappa shape index (κ1) is 14.8. The number of thiophene rings is 1. The first-order valence-electron chi connectivity index (χ1n) is 7.75. The Labute approximate surface area is 144 Å². The molecule has 1 aromatic heterocycles. The molecule has 0 fully saturated rings. The van der Waals surface area contributed by atoms with Gasteiger partial charge in [0.05, 0.1) is 9.75 Å². The molecule has 0 saturated carbocycles. The van der Waals surface area contributed by atoms with Crippen molar-refractivity contribution in [2.45, 2.75) is 13.3 Å². The van der Waals surface area contributed by atoms with E-state index < -0.39 is 0 Å². The number of benzene rings is 2. The number of carbonyl (C=O) groups excluding carboxylic acids is 2. The van der Waals surface area contributed by atoms with E-state index in [4.69, 9.17) is 0 Å². The SMILES string of the molecule is CC(=O)c1ccc(C(=O)Nc2ccc3c(c2)-c2ccccc2C3)s1. The van der Waals surface area contributed by atoms with Gasteiger partial charge in [-0.25, -0.2) is 0 Å². The maximum atomic E-state index is 12.4. The van der Waals surface area contributed by atoms with Gasteiger partial charge >= 0.3 is 0 Å². The number of carbonyl (C=O) groups is 2. The van der Waals surface area contributed by atoms with Crippen molar-refractivity contribution < 1.29 is 9.59 Å². The molecule has 1 aliphatic carbocycles. The van der Waals surface area contributed by atoms with Gasteiger partial charge in [0.25, 0.3) is 5.91 Å². The van der Waals surface area contributed by atoms with E-state index in [2.05, 4.69) is 29.6 Å². The third kappa shape index (κ3) is 2.55. The van der Waals surface area contributed by atoms with E-state index in [1.807, 2.05) is 18.2 Å². The molecule has 0 unspecified atom stereocenters. The topological polar surface area (TPSA) is 46.2 Å². The van der Waals surface area contributed by atoms with Crippen molar-refractivity contribution in [2.75, 3.05) is 5.32 Å². The van der Waals surface area contributed by atoms with E-state index in [0.29, 0.717) is 9.75 Å². The zero-order valence-electron chi connectivity index (χ0n) is 13.1. The second-order valence-corrected chi connectivity index (χ2v) is 6.96. The lowest BCUT2D eigenvalue weighted by molar-refractivity contribution is 0.101. The molecule has 0 saturated heterocycles. The molecule has 1 amide bonds. The molecule has 4 rings (SSSR count). The number of nitrogens with one attached hydrogen (secondary N) is 1. The first-order valence-corrected chi connectivity index (χ1v) is 8.57. The van der Waals surface area contributed by atoms with Crippen LogP contribution in [0.5, 0.6) is 0 Å². The van der Waals surface area contributed by atoms with Gasteiger partial charge in [0.15, 0.2) is 5.78 Å². The average molecular weight is 333 g/mol. The van der Waals surface area contributed by atoms with E-state index in [-0.39, 0.29) is 11.7 Å². The zero-order valence-corrected chi connectivity index (χ0v) is 13.9. The summed E-state index contributed by atoms with van der Waals surface area (Å²) in [7, 11) is 0. The van der Waals surface area contributed by atoms with E-state index in [9.17, 15) is 9.59 Å². The molecular weight excluding hydrogens is 318 g/mol. The highest BCUT2D eigenvalue weighted by Gasteiger charge is 2.19. The smallest absolute Gasteiger partial charge is 0.265 e. The summed E-state index contributed by atoms with van der Waals surface area (Å²) in [5.41, 5.74) is 5.79. The van der Waals surface area contributed by atoms with Gasteiger partial charge in [-0.15, -0.1) is 11.3 Å². The van der Waals surface area contributed by atoms with E-state index in [1.165, 1.54) is 40.5 Å². The van der Waals surface area contributed by atoms with Gasteiger partial charge in [0.2, 0.25) is 0 Å². The molecule has 3 aromatic rings. The molecule has 0 aliphatic heterocycles. The summed E-state index contributed by atoms with van der Waals surface area (Å²) in [5, 5.41) is 2.93. The highest BCUT2D eigenvalue weighted by atomic mass is 32.1. The Balaban J connectivity index is 1.60. The summed E-state index contributed by atoms with van der Waals surface area (Å²) < 4.78 is 0. The Bertz CT molecular complexity index is 971. The van der Waals surface area contributed by atoms with Crippen LogP contribution in [0.4, 0.5) is 5.69 Å². The minimum Gasteiger partial charge on any atom is -0.321 e. The third-order valence-corrected chi connectivity index (χ3v) is 5.42. The van der Waals surface area contributed by atoms with Crippen LogP contribution in [0, 0.1) is 0 Å². The van der Waals surface area contributed by atoms with Gasteiger partial charge in [-0.3, -0.25) is 9.59 Å². The molecule has 1 heterocycles. The van der Waals surface area contributed by atoms with Crippen LogP contribution in [-0.2, 0) is 6.42 Å². The van der Waals surface area contributed by atoms with Gasteiger partial charge in [-0.1, -0.05) is 30.3 Å². The molecule has 0 bridgehead atoms. The number of fused-ring (bicyclic) bond motifs is 3.